The molecular formula is C8H13N3. The average Bonchev–Trinajstić information content (AvgIpc) is 2.64. The Morgan fingerprint density at radius 1 is 1.27 bits per heavy atom. The van der Waals surface area contributed by atoms with E-state index in [1.807, 2.05) is 0 Å². The van der Waals surface area contributed by atoms with Crippen molar-refractivity contribution in [1.82, 2.24) is 9.80 Å². The molecule has 3 aliphatic heterocycles. The number of hydrogen-bond donors (Lipinski definition) is 0. The Kier molecular flexibility index (Phi) is 1.14. The van der Waals surface area contributed by atoms with Crippen LogP contribution in [0.5, 0.6) is 0 Å². The Morgan fingerprint density at radius 2 is 2.18 bits per heavy atom. The fourth-order valence-corrected chi connectivity index (χ4v) is 2.54. The number of rotatable bonds is 0. The Hall–Kier alpha value is -0.410. The number of fused-ring (bicyclic) bond motifs is 5. The van der Waals surface area contributed by atoms with Crippen molar-refractivity contribution in [3.05, 3.63) is 0 Å². The first kappa shape index (κ1) is 6.14. The van der Waals surface area contributed by atoms with Gasteiger partial charge < -0.3 is 0 Å². The normalized spacial score (nSPS) is 53.1. The molecule has 3 heterocycles. The van der Waals surface area contributed by atoms with E-state index in [4.69, 9.17) is 0 Å². The zero-order chi connectivity index (χ0) is 7.26. The van der Waals surface area contributed by atoms with E-state index in [0.29, 0.717) is 6.04 Å². The first-order valence-corrected chi connectivity index (χ1v) is 4.43. The van der Waals surface area contributed by atoms with Gasteiger partial charge in [0.15, 0.2) is 0 Å². The number of piperazine rings is 1. The molecule has 0 amide bonds. The van der Waals surface area contributed by atoms with Crippen LogP contribution in [-0.4, -0.2) is 54.4 Å². The van der Waals surface area contributed by atoms with Crippen LogP contribution in [0.3, 0.4) is 0 Å². The summed E-state index contributed by atoms with van der Waals surface area (Å²) in [5.74, 6) is 0. The average molecular weight is 151 g/mol. The highest BCUT2D eigenvalue weighted by molar-refractivity contribution is 5.67. The van der Waals surface area contributed by atoms with Gasteiger partial charge in [-0.2, -0.15) is 0 Å². The highest BCUT2D eigenvalue weighted by atomic mass is 15.5. The molecule has 0 radical (unpaired) electrons. The van der Waals surface area contributed by atoms with E-state index in [9.17, 15) is 0 Å². The third kappa shape index (κ3) is 0.726. The van der Waals surface area contributed by atoms with Gasteiger partial charge in [0.25, 0.3) is 0 Å². The number of aliphatic imine (C=N–C) groups is 1. The van der Waals surface area contributed by atoms with Crippen LogP contribution < -0.4 is 0 Å². The van der Waals surface area contributed by atoms with Gasteiger partial charge in [0.05, 0.1) is 12.7 Å². The molecule has 2 fully saturated rings. The molecular weight excluding hydrogens is 138 g/mol. The molecule has 0 spiro atoms. The largest absolute Gasteiger partial charge is 0.296 e. The fraction of sp³-hybridized carbons (Fsp3) is 0.875. The lowest BCUT2D eigenvalue weighted by Gasteiger charge is -2.32. The van der Waals surface area contributed by atoms with Crippen LogP contribution in [0.15, 0.2) is 4.99 Å². The van der Waals surface area contributed by atoms with Gasteiger partial charge in [-0.15, -0.1) is 0 Å². The molecule has 3 aliphatic rings. The second-order valence-electron chi connectivity index (χ2n) is 3.67. The molecule has 0 saturated carbocycles. The van der Waals surface area contributed by atoms with Gasteiger partial charge in [-0.05, 0) is 6.42 Å². The maximum Gasteiger partial charge on any atom is 0.0616 e. The number of hydrogen-bond acceptors (Lipinski definition) is 3. The van der Waals surface area contributed by atoms with Crippen molar-refractivity contribution in [2.24, 2.45) is 4.99 Å². The minimum atomic E-state index is 0.664. The van der Waals surface area contributed by atoms with Crippen molar-refractivity contribution in [2.45, 2.75) is 18.5 Å². The molecule has 60 valence electrons. The van der Waals surface area contributed by atoms with Crippen LogP contribution >= 0.6 is 0 Å². The second-order valence-corrected chi connectivity index (χ2v) is 3.67. The summed E-state index contributed by atoms with van der Waals surface area (Å²) in [5.41, 5.74) is 0. The summed E-state index contributed by atoms with van der Waals surface area (Å²) in [7, 11) is 0. The van der Waals surface area contributed by atoms with Crippen LogP contribution in [0, 0.1) is 0 Å². The summed E-state index contributed by atoms with van der Waals surface area (Å²) in [6.07, 6.45) is 3.44. The molecule has 3 nitrogen and oxygen atoms in total. The van der Waals surface area contributed by atoms with Gasteiger partial charge >= 0.3 is 0 Å². The van der Waals surface area contributed by atoms with Gasteiger partial charge in [-0.25, -0.2) is 0 Å². The Morgan fingerprint density at radius 3 is 3.09 bits per heavy atom. The lowest BCUT2D eigenvalue weighted by molar-refractivity contribution is 0.237. The summed E-state index contributed by atoms with van der Waals surface area (Å²) >= 11 is 0. The van der Waals surface area contributed by atoms with Crippen molar-refractivity contribution in [3.8, 4) is 0 Å². The minimum absolute atomic E-state index is 0.664. The first-order valence-electron chi connectivity index (χ1n) is 4.43. The van der Waals surface area contributed by atoms with Crippen LogP contribution in [0.1, 0.15) is 6.42 Å². The van der Waals surface area contributed by atoms with Crippen molar-refractivity contribution in [2.75, 3.05) is 26.3 Å². The maximum absolute atomic E-state index is 4.35. The molecule has 0 N–H and O–H groups in total. The molecule has 4 unspecified atom stereocenters. The third-order valence-electron chi connectivity index (χ3n) is 3.13. The lowest BCUT2D eigenvalue weighted by Crippen LogP contribution is -2.47. The monoisotopic (exact) mass is 151 g/mol. The zero-order valence-electron chi connectivity index (χ0n) is 6.61. The summed E-state index contributed by atoms with van der Waals surface area (Å²) in [4.78, 5) is 9.47. The fourth-order valence-electron chi connectivity index (χ4n) is 2.54. The van der Waals surface area contributed by atoms with Crippen molar-refractivity contribution >= 4 is 6.21 Å². The molecule has 2 saturated heterocycles. The SMILES string of the molecule is C1=NCCC2C1N1CCN2C1. The molecule has 0 aromatic carbocycles. The molecule has 2 bridgehead atoms. The number of nitrogens with zero attached hydrogens (tertiary/aromatic N) is 3. The van der Waals surface area contributed by atoms with Crippen molar-refractivity contribution < 1.29 is 0 Å². The van der Waals surface area contributed by atoms with E-state index in [2.05, 4.69) is 21.0 Å². The second kappa shape index (κ2) is 2.05. The van der Waals surface area contributed by atoms with Gasteiger partial charge in [-0.3, -0.25) is 14.8 Å². The maximum atomic E-state index is 4.35. The van der Waals surface area contributed by atoms with Crippen molar-refractivity contribution in [3.63, 3.8) is 0 Å². The molecule has 11 heavy (non-hydrogen) atoms. The first-order chi connectivity index (χ1) is 5.45. The van der Waals surface area contributed by atoms with Crippen molar-refractivity contribution in [1.29, 1.82) is 0 Å². The highest BCUT2D eigenvalue weighted by Crippen LogP contribution is 2.28. The third-order valence-corrected chi connectivity index (χ3v) is 3.13. The molecule has 0 aliphatic carbocycles. The highest BCUT2D eigenvalue weighted by Gasteiger charge is 2.43. The van der Waals surface area contributed by atoms with Crippen LogP contribution in [0.4, 0.5) is 0 Å². The minimum Gasteiger partial charge on any atom is -0.296 e. The van der Waals surface area contributed by atoms with Gasteiger partial charge in [0.2, 0.25) is 0 Å². The van der Waals surface area contributed by atoms with Gasteiger partial charge in [0, 0.05) is 31.9 Å². The topological polar surface area (TPSA) is 18.8 Å². The summed E-state index contributed by atoms with van der Waals surface area (Å²) in [5, 5.41) is 0. The van der Waals surface area contributed by atoms with Gasteiger partial charge in [-0.1, -0.05) is 0 Å². The van der Waals surface area contributed by atoms with E-state index in [0.717, 1.165) is 12.6 Å². The molecule has 0 aromatic rings. The molecule has 4 atom stereocenters. The van der Waals surface area contributed by atoms with Gasteiger partial charge in [0.1, 0.15) is 0 Å². The van der Waals surface area contributed by atoms with E-state index in [1.54, 1.807) is 0 Å². The Labute approximate surface area is 66.7 Å². The van der Waals surface area contributed by atoms with Crippen LogP contribution in [-0.2, 0) is 0 Å². The predicted molar refractivity (Wildman–Crippen MR) is 43.8 cm³/mol. The van der Waals surface area contributed by atoms with E-state index in [1.165, 1.54) is 26.2 Å². The van der Waals surface area contributed by atoms with E-state index < -0.39 is 0 Å². The van der Waals surface area contributed by atoms with Crippen LogP contribution in [0.25, 0.3) is 0 Å². The van der Waals surface area contributed by atoms with E-state index in [-0.39, 0.29) is 0 Å². The molecule has 3 rings (SSSR count). The summed E-state index contributed by atoms with van der Waals surface area (Å²) in [6.45, 7) is 4.79. The van der Waals surface area contributed by atoms with Crippen LogP contribution in [0.2, 0.25) is 0 Å². The summed E-state index contributed by atoms with van der Waals surface area (Å²) < 4.78 is 0. The lowest BCUT2D eigenvalue weighted by atomic mass is 10.0. The Balaban J connectivity index is 1.93. The standard InChI is InChI=1S/C8H13N3/c1-2-9-5-8-7(1)10-3-4-11(8)6-10/h5,7-8H,1-4,6H2. The molecule has 0 aromatic heterocycles. The molecule has 3 heteroatoms. The smallest absolute Gasteiger partial charge is 0.0616 e. The Bertz CT molecular complexity index is 202. The van der Waals surface area contributed by atoms with E-state index >= 15 is 0 Å². The zero-order valence-corrected chi connectivity index (χ0v) is 6.61. The predicted octanol–water partition coefficient (Wildman–Crippen LogP) is -0.213. The quantitative estimate of drug-likeness (QED) is 0.477. The summed E-state index contributed by atoms with van der Waals surface area (Å²) in [6, 6.07) is 1.47.